The van der Waals surface area contributed by atoms with Crippen LogP contribution < -0.4 is 15.1 Å². The molecule has 208 valence electrons. The summed E-state index contributed by atoms with van der Waals surface area (Å²) in [4.78, 5) is 36.7. The number of hydrogen-bond acceptors (Lipinski definition) is 6. The van der Waals surface area contributed by atoms with E-state index < -0.39 is 39.7 Å². The molecule has 0 bridgehead atoms. The van der Waals surface area contributed by atoms with Crippen LogP contribution in [0.5, 0.6) is 0 Å². The van der Waals surface area contributed by atoms with E-state index in [9.17, 15) is 31.2 Å². The third-order valence-electron chi connectivity index (χ3n) is 6.52. The Labute approximate surface area is 227 Å². The molecule has 0 unspecified atom stereocenters. The van der Waals surface area contributed by atoms with Crippen LogP contribution in [-0.2, 0) is 21.0 Å². The number of rotatable bonds is 5. The molecule has 1 N–H and O–H groups in total. The second-order valence-electron chi connectivity index (χ2n) is 9.33. The average Bonchev–Trinajstić information content (AvgIpc) is 3.50. The molecule has 4 aromatic rings. The first kappa shape index (κ1) is 27.1. The molecule has 1 saturated heterocycles. The molecule has 40 heavy (non-hydrogen) atoms. The number of amides is 3. The maximum Gasteiger partial charge on any atom is 0.416 e. The first-order valence-electron chi connectivity index (χ1n) is 12.0. The minimum absolute atomic E-state index is 0.0201. The van der Waals surface area contributed by atoms with Crippen molar-refractivity contribution in [1.29, 1.82) is 0 Å². The molecular weight excluding hydrogens is 549 g/mol. The Morgan fingerprint density at radius 1 is 1.05 bits per heavy atom. The molecule has 3 aromatic heterocycles. The first-order valence-corrected chi connectivity index (χ1v) is 13.4. The predicted molar refractivity (Wildman–Crippen MR) is 141 cm³/mol. The van der Waals surface area contributed by atoms with Crippen LogP contribution in [0.25, 0.3) is 11.0 Å². The van der Waals surface area contributed by atoms with Gasteiger partial charge in [0.2, 0.25) is 0 Å². The van der Waals surface area contributed by atoms with Gasteiger partial charge < -0.3 is 5.32 Å². The lowest BCUT2D eigenvalue weighted by Gasteiger charge is -2.26. The fraction of sp³-hybridized carbons (Fsp3) is 0.231. The number of halogens is 3. The lowest BCUT2D eigenvalue weighted by Crippen LogP contribution is -2.47. The molecule has 0 aliphatic carbocycles. The molecule has 1 aromatic carbocycles. The van der Waals surface area contributed by atoms with E-state index in [1.807, 2.05) is 6.92 Å². The summed E-state index contributed by atoms with van der Waals surface area (Å²) < 4.78 is 67.8. The summed E-state index contributed by atoms with van der Waals surface area (Å²) in [5, 5.41) is 2.98. The molecular formula is C26H23F3N6O4S. The van der Waals surface area contributed by atoms with E-state index in [-0.39, 0.29) is 34.4 Å². The molecule has 1 aliphatic heterocycles. The number of alkyl halides is 3. The van der Waals surface area contributed by atoms with Crippen molar-refractivity contribution in [3.8, 4) is 0 Å². The smallest absolute Gasteiger partial charge is 0.335 e. The predicted octanol–water partition coefficient (Wildman–Crippen LogP) is 3.87. The van der Waals surface area contributed by atoms with Gasteiger partial charge in [0.1, 0.15) is 17.7 Å². The largest absolute Gasteiger partial charge is 0.416 e. The maximum absolute atomic E-state index is 13.5. The zero-order chi connectivity index (χ0) is 29.0. The van der Waals surface area contributed by atoms with Crippen molar-refractivity contribution >= 4 is 44.6 Å². The Kier molecular flexibility index (Phi) is 6.53. The number of pyridine rings is 2. The number of anilines is 2. The molecule has 1 atom stereocenters. The highest BCUT2D eigenvalue weighted by Crippen LogP contribution is 2.33. The van der Waals surface area contributed by atoms with Crippen molar-refractivity contribution in [3.05, 3.63) is 77.6 Å². The Bertz CT molecular complexity index is 1750. The number of nitrogens with one attached hydrogen (secondary N) is 1. The lowest BCUT2D eigenvalue weighted by atomic mass is 10.2. The summed E-state index contributed by atoms with van der Waals surface area (Å²) in [6.07, 6.45) is -3.32. The minimum atomic E-state index is -4.68. The third kappa shape index (κ3) is 4.74. The van der Waals surface area contributed by atoms with Gasteiger partial charge in [-0.2, -0.15) is 13.2 Å². The van der Waals surface area contributed by atoms with E-state index in [4.69, 9.17) is 0 Å². The third-order valence-corrected chi connectivity index (χ3v) is 8.20. The van der Waals surface area contributed by atoms with E-state index in [1.54, 1.807) is 24.3 Å². The summed E-state index contributed by atoms with van der Waals surface area (Å²) in [6.45, 7) is 3.01. The molecule has 14 heteroatoms. The SMILES string of the molecule is Cc1ccc(S(=O)(=O)n2ccc3ccc(N(C)C(=O)[C@@H]4CNC(=O)N4c4cc(C(F)(F)F)cc(C)n4)nc32)cc1. The number of benzene rings is 1. The Balaban J connectivity index is 1.49. The van der Waals surface area contributed by atoms with Crippen LogP contribution in [0.4, 0.5) is 29.6 Å². The number of aromatic nitrogens is 3. The number of aryl methyl sites for hydroxylation is 2. The van der Waals surface area contributed by atoms with Crippen LogP contribution in [-0.4, -0.2) is 53.9 Å². The fourth-order valence-electron chi connectivity index (χ4n) is 4.42. The van der Waals surface area contributed by atoms with Crippen molar-refractivity contribution in [3.63, 3.8) is 0 Å². The molecule has 5 rings (SSSR count). The Hall–Kier alpha value is -4.46. The highest BCUT2D eigenvalue weighted by molar-refractivity contribution is 7.90. The molecule has 1 aliphatic rings. The number of carbonyl (C=O) groups excluding carboxylic acids is 2. The summed E-state index contributed by atoms with van der Waals surface area (Å²) in [6, 6.07) is 10.5. The van der Waals surface area contributed by atoms with E-state index in [2.05, 4.69) is 15.3 Å². The Morgan fingerprint density at radius 3 is 2.42 bits per heavy atom. The normalized spacial score (nSPS) is 15.9. The zero-order valence-corrected chi connectivity index (χ0v) is 22.3. The number of hydrogen-bond donors (Lipinski definition) is 1. The van der Waals surface area contributed by atoms with Crippen LogP contribution >= 0.6 is 0 Å². The monoisotopic (exact) mass is 572 g/mol. The molecule has 10 nitrogen and oxygen atoms in total. The zero-order valence-electron chi connectivity index (χ0n) is 21.5. The van der Waals surface area contributed by atoms with Crippen molar-refractivity contribution in [2.24, 2.45) is 0 Å². The molecule has 1 fully saturated rings. The van der Waals surface area contributed by atoms with Crippen molar-refractivity contribution in [2.75, 3.05) is 23.4 Å². The summed E-state index contributed by atoms with van der Waals surface area (Å²) >= 11 is 0. The second-order valence-corrected chi connectivity index (χ2v) is 11.1. The first-order chi connectivity index (χ1) is 18.8. The summed E-state index contributed by atoms with van der Waals surface area (Å²) in [5.41, 5.74) is -0.0182. The quantitative estimate of drug-likeness (QED) is 0.388. The van der Waals surface area contributed by atoms with Gasteiger partial charge in [0.15, 0.2) is 5.65 Å². The van der Waals surface area contributed by atoms with Gasteiger partial charge >= 0.3 is 12.2 Å². The van der Waals surface area contributed by atoms with E-state index >= 15 is 0 Å². The summed E-state index contributed by atoms with van der Waals surface area (Å²) in [5.74, 6) is -0.916. The van der Waals surface area contributed by atoms with Gasteiger partial charge in [0.05, 0.1) is 10.5 Å². The number of fused-ring (bicyclic) bond motifs is 1. The Morgan fingerprint density at radius 2 is 1.75 bits per heavy atom. The number of carbonyl (C=O) groups is 2. The summed E-state index contributed by atoms with van der Waals surface area (Å²) in [7, 11) is -2.62. The number of likely N-dealkylation sites (N-methyl/N-ethyl adjacent to an activating group) is 1. The van der Waals surface area contributed by atoms with Gasteiger partial charge in [-0.3, -0.25) is 14.6 Å². The lowest BCUT2D eigenvalue weighted by molar-refractivity contribution is -0.137. The number of urea groups is 1. The van der Waals surface area contributed by atoms with Crippen LogP contribution in [0.15, 0.2) is 65.7 Å². The number of nitrogens with zero attached hydrogens (tertiary/aromatic N) is 5. The average molecular weight is 573 g/mol. The maximum atomic E-state index is 13.5. The highest BCUT2D eigenvalue weighted by Gasteiger charge is 2.41. The molecule has 0 saturated carbocycles. The molecule has 0 radical (unpaired) electrons. The van der Waals surface area contributed by atoms with Crippen LogP contribution in [0.2, 0.25) is 0 Å². The topological polar surface area (TPSA) is 117 Å². The van der Waals surface area contributed by atoms with Crippen molar-refractivity contribution in [1.82, 2.24) is 19.3 Å². The van der Waals surface area contributed by atoms with Gasteiger partial charge in [-0.1, -0.05) is 17.7 Å². The van der Waals surface area contributed by atoms with E-state index in [0.29, 0.717) is 11.5 Å². The molecule has 0 spiro atoms. The minimum Gasteiger partial charge on any atom is -0.335 e. The van der Waals surface area contributed by atoms with Crippen LogP contribution in [0.3, 0.4) is 0 Å². The molecule has 3 amide bonds. The molecule has 4 heterocycles. The van der Waals surface area contributed by atoms with Crippen molar-refractivity contribution < 1.29 is 31.2 Å². The van der Waals surface area contributed by atoms with E-state index in [0.717, 1.165) is 25.4 Å². The van der Waals surface area contributed by atoms with Crippen molar-refractivity contribution in [2.45, 2.75) is 31.0 Å². The van der Waals surface area contributed by atoms with Crippen LogP contribution in [0.1, 0.15) is 16.8 Å². The van der Waals surface area contributed by atoms with Gasteiger partial charge in [-0.05, 0) is 56.3 Å². The van der Waals surface area contributed by atoms with Gasteiger partial charge in [-0.25, -0.2) is 27.2 Å². The van der Waals surface area contributed by atoms with Gasteiger partial charge in [0.25, 0.3) is 15.9 Å². The van der Waals surface area contributed by atoms with Gasteiger partial charge in [-0.15, -0.1) is 0 Å². The fourth-order valence-corrected chi connectivity index (χ4v) is 5.72. The van der Waals surface area contributed by atoms with E-state index in [1.165, 1.54) is 38.4 Å². The second kappa shape index (κ2) is 9.62. The van der Waals surface area contributed by atoms with Crippen LogP contribution in [0, 0.1) is 13.8 Å². The highest BCUT2D eigenvalue weighted by atomic mass is 32.2. The van der Waals surface area contributed by atoms with Gasteiger partial charge in [0, 0.05) is 30.9 Å². The standard InChI is InChI=1S/C26H23F3N6O4S/c1-15-4-7-19(8-5-15)40(38,39)34-11-10-17-6-9-21(32-23(17)34)33(3)24(36)20-14-30-25(37)35(20)22-13-18(26(27,28)29)12-16(2)31-22/h4-13,20H,14H2,1-3H3,(H,30,37)/t20-/m0/s1.